The summed E-state index contributed by atoms with van der Waals surface area (Å²) in [7, 11) is 0. The first kappa shape index (κ1) is 16.1. The average molecular weight is 394 g/mol. The number of hydrogen-bond acceptors (Lipinski definition) is 3. The van der Waals surface area contributed by atoms with Crippen molar-refractivity contribution in [2.24, 2.45) is 0 Å². The molecule has 0 aliphatic heterocycles. The maximum Gasteiger partial charge on any atom is 0.336 e. The first-order chi connectivity index (χ1) is 10.9. The van der Waals surface area contributed by atoms with E-state index in [9.17, 15) is 4.79 Å². The maximum atomic E-state index is 11.8. The van der Waals surface area contributed by atoms with Gasteiger partial charge >= 0.3 is 5.63 Å². The SMILES string of the molecule is Cc1ccc2c(COc3c(C)cc(Br)cc3Cl)cc(=O)oc2c1. The van der Waals surface area contributed by atoms with Gasteiger partial charge in [-0.05, 0) is 43.2 Å². The van der Waals surface area contributed by atoms with Gasteiger partial charge in [0.15, 0.2) is 0 Å². The van der Waals surface area contributed by atoms with Gasteiger partial charge in [-0.15, -0.1) is 0 Å². The molecule has 0 amide bonds. The topological polar surface area (TPSA) is 39.4 Å². The van der Waals surface area contributed by atoms with E-state index < -0.39 is 0 Å². The van der Waals surface area contributed by atoms with Gasteiger partial charge in [-0.3, -0.25) is 0 Å². The van der Waals surface area contributed by atoms with E-state index in [0.29, 0.717) is 16.4 Å². The van der Waals surface area contributed by atoms with Crippen LogP contribution in [0.1, 0.15) is 16.7 Å². The molecular formula is C18H14BrClO3. The molecule has 0 radical (unpaired) electrons. The van der Waals surface area contributed by atoms with E-state index in [4.69, 9.17) is 20.8 Å². The molecular weight excluding hydrogens is 380 g/mol. The minimum atomic E-state index is -0.389. The molecule has 1 aromatic heterocycles. The van der Waals surface area contributed by atoms with E-state index in [1.807, 2.05) is 38.1 Å². The quantitative estimate of drug-likeness (QED) is 0.559. The molecule has 1 heterocycles. The van der Waals surface area contributed by atoms with Crippen LogP contribution in [0.15, 0.2) is 50.1 Å². The number of benzene rings is 2. The van der Waals surface area contributed by atoms with Crippen molar-refractivity contribution >= 4 is 38.5 Å². The molecule has 0 saturated heterocycles. The fourth-order valence-electron chi connectivity index (χ4n) is 2.48. The monoisotopic (exact) mass is 392 g/mol. The highest BCUT2D eigenvalue weighted by Crippen LogP contribution is 2.33. The van der Waals surface area contributed by atoms with E-state index in [0.717, 1.165) is 26.5 Å². The smallest absolute Gasteiger partial charge is 0.336 e. The van der Waals surface area contributed by atoms with Gasteiger partial charge in [-0.2, -0.15) is 0 Å². The molecule has 0 bridgehead atoms. The zero-order valence-electron chi connectivity index (χ0n) is 12.7. The van der Waals surface area contributed by atoms with Gasteiger partial charge in [0.25, 0.3) is 0 Å². The van der Waals surface area contributed by atoms with Crippen molar-refractivity contribution in [3.63, 3.8) is 0 Å². The molecule has 0 spiro atoms. The van der Waals surface area contributed by atoms with Gasteiger partial charge in [-0.1, -0.05) is 39.7 Å². The van der Waals surface area contributed by atoms with Crippen LogP contribution in [0.5, 0.6) is 5.75 Å². The Morgan fingerprint density at radius 3 is 2.70 bits per heavy atom. The lowest BCUT2D eigenvalue weighted by molar-refractivity contribution is 0.304. The summed E-state index contributed by atoms with van der Waals surface area (Å²) in [6.45, 7) is 4.12. The third-order valence-electron chi connectivity index (χ3n) is 3.55. The molecule has 0 atom stereocenters. The summed E-state index contributed by atoms with van der Waals surface area (Å²) in [6.07, 6.45) is 0. The van der Waals surface area contributed by atoms with Crippen LogP contribution in [0.25, 0.3) is 11.0 Å². The molecule has 0 fully saturated rings. The van der Waals surface area contributed by atoms with Crippen LogP contribution < -0.4 is 10.4 Å². The van der Waals surface area contributed by atoms with Gasteiger partial charge in [0, 0.05) is 21.5 Å². The molecule has 0 N–H and O–H groups in total. The number of halogens is 2. The van der Waals surface area contributed by atoms with Crippen molar-refractivity contribution < 1.29 is 9.15 Å². The molecule has 0 unspecified atom stereocenters. The molecule has 118 valence electrons. The van der Waals surface area contributed by atoms with Crippen LogP contribution >= 0.6 is 27.5 Å². The number of ether oxygens (including phenoxy) is 1. The van der Waals surface area contributed by atoms with Crippen molar-refractivity contribution in [1.29, 1.82) is 0 Å². The fraction of sp³-hybridized carbons (Fsp3) is 0.167. The van der Waals surface area contributed by atoms with E-state index in [2.05, 4.69) is 15.9 Å². The van der Waals surface area contributed by atoms with E-state index in [1.165, 1.54) is 6.07 Å². The summed E-state index contributed by atoms with van der Waals surface area (Å²) in [5.74, 6) is 0.614. The Morgan fingerprint density at radius 1 is 1.17 bits per heavy atom. The number of rotatable bonds is 3. The van der Waals surface area contributed by atoms with Crippen molar-refractivity contribution in [2.75, 3.05) is 0 Å². The Balaban J connectivity index is 1.98. The van der Waals surface area contributed by atoms with Crippen LogP contribution in [0.4, 0.5) is 0 Å². The van der Waals surface area contributed by atoms with Crippen LogP contribution in [-0.4, -0.2) is 0 Å². The standard InChI is InChI=1S/C18H14BrClO3/c1-10-3-4-14-12(7-17(21)23-16(14)5-10)9-22-18-11(2)6-13(19)8-15(18)20/h3-8H,9H2,1-2H3. The first-order valence-electron chi connectivity index (χ1n) is 7.06. The lowest BCUT2D eigenvalue weighted by atomic mass is 10.1. The molecule has 2 aromatic carbocycles. The number of aryl methyl sites for hydroxylation is 2. The predicted molar refractivity (Wildman–Crippen MR) is 95.4 cm³/mol. The second-order valence-electron chi connectivity index (χ2n) is 5.41. The van der Waals surface area contributed by atoms with Gasteiger partial charge in [0.05, 0.1) is 5.02 Å². The predicted octanol–water partition coefficient (Wildman–Crippen LogP) is 5.40. The minimum Gasteiger partial charge on any atom is -0.487 e. The Bertz CT molecular complexity index is 924. The van der Waals surface area contributed by atoms with Crippen molar-refractivity contribution in [2.45, 2.75) is 20.5 Å². The average Bonchev–Trinajstić information content (AvgIpc) is 2.45. The molecule has 3 nitrogen and oxygen atoms in total. The largest absolute Gasteiger partial charge is 0.487 e. The second-order valence-corrected chi connectivity index (χ2v) is 6.74. The van der Waals surface area contributed by atoms with Crippen molar-refractivity contribution in [3.05, 3.63) is 73.0 Å². The van der Waals surface area contributed by atoms with Gasteiger partial charge in [-0.25, -0.2) is 4.79 Å². The highest BCUT2D eigenvalue weighted by atomic mass is 79.9. The summed E-state index contributed by atoms with van der Waals surface area (Å²) >= 11 is 9.63. The number of hydrogen-bond donors (Lipinski definition) is 0. The summed E-state index contributed by atoms with van der Waals surface area (Å²) in [6, 6.07) is 10.9. The fourth-order valence-corrected chi connectivity index (χ4v) is 3.50. The molecule has 0 aliphatic rings. The third-order valence-corrected chi connectivity index (χ3v) is 4.29. The molecule has 3 aromatic rings. The summed E-state index contributed by atoms with van der Waals surface area (Å²) in [4.78, 5) is 11.8. The zero-order valence-corrected chi connectivity index (χ0v) is 15.0. The Morgan fingerprint density at radius 2 is 1.96 bits per heavy atom. The first-order valence-corrected chi connectivity index (χ1v) is 8.23. The molecule has 0 saturated carbocycles. The second kappa shape index (κ2) is 6.38. The minimum absolute atomic E-state index is 0.243. The van der Waals surface area contributed by atoms with Gasteiger partial charge < -0.3 is 9.15 Å². The van der Waals surface area contributed by atoms with E-state index in [-0.39, 0.29) is 12.2 Å². The Labute approximate surface area is 147 Å². The maximum absolute atomic E-state index is 11.8. The lowest BCUT2D eigenvalue weighted by Crippen LogP contribution is -2.05. The van der Waals surface area contributed by atoms with Gasteiger partial charge in [0.2, 0.25) is 0 Å². The molecule has 23 heavy (non-hydrogen) atoms. The Hall–Kier alpha value is -1.78. The highest BCUT2D eigenvalue weighted by Gasteiger charge is 2.11. The van der Waals surface area contributed by atoms with Crippen molar-refractivity contribution in [3.8, 4) is 5.75 Å². The van der Waals surface area contributed by atoms with Crippen LogP contribution in [0.3, 0.4) is 0 Å². The van der Waals surface area contributed by atoms with Crippen LogP contribution in [-0.2, 0) is 6.61 Å². The summed E-state index contributed by atoms with van der Waals surface area (Å²) < 4.78 is 12.0. The third kappa shape index (κ3) is 3.43. The zero-order chi connectivity index (χ0) is 16.6. The number of fused-ring (bicyclic) bond motifs is 1. The normalized spacial score (nSPS) is 11.0. The van der Waals surface area contributed by atoms with Gasteiger partial charge in [0.1, 0.15) is 17.9 Å². The highest BCUT2D eigenvalue weighted by molar-refractivity contribution is 9.10. The van der Waals surface area contributed by atoms with Crippen LogP contribution in [0, 0.1) is 13.8 Å². The summed E-state index contributed by atoms with van der Waals surface area (Å²) in [5, 5.41) is 1.39. The molecule has 0 aliphatic carbocycles. The Kier molecular flexibility index (Phi) is 4.46. The van der Waals surface area contributed by atoms with E-state index >= 15 is 0 Å². The molecule has 5 heteroatoms. The molecule has 3 rings (SSSR count). The van der Waals surface area contributed by atoms with E-state index in [1.54, 1.807) is 6.07 Å². The van der Waals surface area contributed by atoms with Crippen LogP contribution in [0.2, 0.25) is 5.02 Å². The summed E-state index contributed by atoms with van der Waals surface area (Å²) in [5.41, 5.74) is 2.91. The lowest BCUT2D eigenvalue weighted by Gasteiger charge is -2.12. The van der Waals surface area contributed by atoms with Crippen molar-refractivity contribution in [1.82, 2.24) is 0 Å².